The second kappa shape index (κ2) is 7.65. The van der Waals surface area contributed by atoms with Crippen molar-refractivity contribution < 1.29 is 13.9 Å². The first-order valence-electron chi connectivity index (χ1n) is 9.27. The van der Waals surface area contributed by atoms with E-state index in [1.807, 2.05) is 26.8 Å². The maximum Gasteiger partial charge on any atom is 0.407 e. The fourth-order valence-corrected chi connectivity index (χ4v) is 4.44. The van der Waals surface area contributed by atoms with Crippen LogP contribution in [0.1, 0.15) is 44.7 Å². The fraction of sp³-hybridized carbons (Fsp3) is 0.600. The molecule has 0 spiro atoms. The van der Waals surface area contributed by atoms with Gasteiger partial charge in [-0.15, -0.1) is 0 Å². The molecule has 0 radical (unpaired) electrons. The van der Waals surface area contributed by atoms with Crippen LogP contribution in [0.4, 0.5) is 9.18 Å². The Labute approximate surface area is 164 Å². The summed E-state index contributed by atoms with van der Waals surface area (Å²) in [6.45, 7) is 7.86. The van der Waals surface area contributed by atoms with Gasteiger partial charge in [-0.25, -0.2) is 9.18 Å². The van der Waals surface area contributed by atoms with E-state index in [1.54, 1.807) is 6.07 Å². The number of likely N-dealkylation sites (tertiary alicyclic amines) is 1. The van der Waals surface area contributed by atoms with Gasteiger partial charge in [0.2, 0.25) is 0 Å². The molecule has 1 saturated heterocycles. The third kappa shape index (κ3) is 4.53. The molecule has 3 atom stereocenters. The summed E-state index contributed by atoms with van der Waals surface area (Å²) in [5.74, 6) is 0.290. The van der Waals surface area contributed by atoms with Crippen LogP contribution in [-0.4, -0.2) is 35.7 Å². The fourth-order valence-electron chi connectivity index (χ4n) is 4.19. The van der Waals surface area contributed by atoms with Crippen molar-refractivity contribution in [3.05, 3.63) is 34.1 Å². The van der Waals surface area contributed by atoms with Crippen molar-refractivity contribution in [1.29, 1.82) is 5.26 Å². The number of nitrogens with zero attached hydrogens (tertiary/aromatic N) is 2. The molecule has 1 aromatic rings. The number of halogens is 2. The quantitative estimate of drug-likeness (QED) is 0.840. The largest absolute Gasteiger partial charge is 0.444 e. The highest BCUT2D eigenvalue weighted by Gasteiger charge is 2.43. The van der Waals surface area contributed by atoms with E-state index in [2.05, 4.69) is 10.2 Å². The number of benzene rings is 1. The minimum atomic E-state index is -0.592. The number of alkyl carbamates (subject to hydrolysis) is 1. The van der Waals surface area contributed by atoms with Crippen LogP contribution in [0.25, 0.3) is 0 Å². The molecule has 0 unspecified atom stereocenters. The van der Waals surface area contributed by atoms with Crippen LogP contribution in [0.15, 0.2) is 12.1 Å². The van der Waals surface area contributed by atoms with Crippen molar-refractivity contribution in [2.75, 3.05) is 13.1 Å². The van der Waals surface area contributed by atoms with Crippen LogP contribution in [0.5, 0.6) is 0 Å². The van der Waals surface area contributed by atoms with Gasteiger partial charge < -0.3 is 10.1 Å². The van der Waals surface area contributed by atoms with E-state index in [0.29, 0.717) is 18.4 Å². The molecule has 7 heteroatoms. The molecule has 1 heterocycles. The number of ether oxygens (including phenoxy) is 1. The van der Waals surface area contributed by atoms with Crippen LogP contribution in [0, 0.1) is 29.0 Å². The molecule has 1 saturated carbocycles. The molecule has 5 nitrogen and oxygen atoms in total. The molecule has 1 N–H and O–H groups in total. The Morgan fingerprint density at radius 1 is 1.41 bits per heavy atom. The van der Waals surface area contributed by atoms with Crippen LogP contribution in [-0.2, 0) is 11.3 Å². The molecular weight excluding hydrogens is 369 g/mol. The van der Waals surface area contributed by atoms with E-state index < -0.39 is 11.4 Å². The van der Waals surface area contributed by atoms with Crippen molar-refractivity contribution in [3.63, 3.8) is 0 Å². The Hall–Kier alpha value is -1.84. The van der Waals surface area contributed by atoms with Gasteiger partial charge in [0.25, 0.3) is 0 Å². The molecule has 27 heavy (non-hydrogen) atoms. The molecular formula is C20H25ClFN3O2. The Kier molecular flexibility index (Phi) is 5.64. The van der Waals surface area contributed by atoms with Gasteiger partial charge in [0.15, 0.2) is 0 Å². The Morgan fingerprint density at radius 3 is 2.81 bits per heavy atom. The summed E-state index contributed by atoms with van der Waals surface area (Å²) in [5.41, 5.74) is 0.144. The minimum absolute atomic E-state index is 0.0990. The Bertz CT molecular complexity index is 772. The smallest absolute Gasteiger partial charge is 0.407 e. The highest BCUT2D eigenvalue weighted by Crippen LogP contribution is 2.39. The van der Waals surface area contributed by atoms with Crippen LogP contribution < -0.4 is 5.32 Å². The van der Waals surface area contributed by atoms with Crippen molar-refractivity contribution in [2.24, 2.45) is 11.8 Å². The van der Waals surface area contributed by atoms with E-state index in [-0.39, 0.29) is 22.7 Å². The lowest BCUT2D eigenvalue weighted by Crippen LogP contribution is -2.42. The zero-order chi connectivity index (χ0) is 19.8. The van der Waals surface area contributed by atoms with Crippen LogP contribution in [0.3, 0.4) is 0 Å². The van der Waals surface area contributed by atoms with Crippen molar-refractivity contribution >= 4 is 17.7 Å². The van der Waals surface area contributed by atoms with Gasteiger partial charge in [0, 0.05) is 25.7 Å². The van der Waals surface area contributed by atoms with Crippen molar-refractivity contribution in [1.82, 2.24) is 10.2 Å². The summed E-state index contributed by atoms with van der Waals surface area (Å²) in [6, 6.07) is 4.87. The Morgan fingerprint density at radius 2 is 2.15 bits per heavy atom. The number of rotatable bonds is 3. The number of carbonyl (C=O) groups excluding carboxylic acids is 1. The van der Waals surface area contributed by atoms with E-state index in [0.717, 1.165) is 31.5 Å². The zero-order valence-corrected chi connectivity index (χ0v) is 16.6. The van der Waals surface area contributed by atoms with Gasteiger partial charge in [-0.05, 0) is 57.1 Å². The normalized spacial score (nSPS) is 25.1. The first kappa shape index (κ1) is 19.9. The summed E-state index contributed by atoms with van der Waals surface area (Å²) >= 11 is 6.21. The van der Waals surface area contributed by atoms with E-state index in [1.165, 1.54) is 6.07 Å². The van der Waals surface area contributed by atoms with Gasteiger partial charge in [0.05, 0.1) is 5.02 Å². The van der Waals surface area contributed by atoms with Crippen molar-refractivity contribution in [2.45, 2.75) is 51.8 Å². The lowest BCUT2D eigenvalue weighted by molar-refractivity contribution is 0.0491. The number of fused-ring (bicyclic) bond motifs is 1. The second-order valence-corrected chi connectivity index (χ2v) is 8.83. The third-order valence-corrected chi connectivity index (χ3v) is 5.74. The predicted octanol–water partition coefficient (Wildman–Crippen LogP) is 4.09. The average Bonchev–Trinajstić information content (AvgIpc) is 3.10. The second-order valence-electron chi connectivity index (χ2n) is 8.46. The molecule has 1 aliphatic heterocycles. The summed E-state index contributed by atoms with van der Waals surface area (Å²) in [7, 11) is 0. The number of amides is 1. The molecule has 2 fully saturated rings. The molecule has 1 amide bonds. The van der Waals surface area contributed by atoms with E-state index >= 15 is 0 Å². The van der Waals surface area contributed by atoms with Crippen LogP contribution in [0.2, 0.25) is 5.02 Å². The highest BCUT2D eigenvalue weighted by atomic mass is 35.5. The van der Waals surface area contributed by atoms with Gasteiger partial charge in [-0.1, -0.05) is 17.7 Å². The number of carbonyl (C=O) groups is 1. The number of hydrogen-bond donors (Lipinski definition) is 1. The van der Waals surface area contributed by atoms with Crippen LogP contribution >= 0.6 is 11.6 Å². The number of nitrogens with one attached hydrogen (secondary N) is 1. The van der Waals surface area contributed by atoms with E-state index in [4.69, 9.17) is 21.6 Å². The predicted molar refractivity (Wildman–Crippen MR) is 101 cm³/mol. The number of nitriles is 1. The maximum atomic E-state index is 13.6. The summed E-state index contributed by atoms with van der Waals surface area (Å²) in [6.07, 6.45) is 1.65. The lowest BCUT2D eigenvalue weighted by atomic mass is 9.98. The summed E-state index contributed by atoms with van der Waals surface area (Å²) in [5, 5.41) is 12.3. The first-order valence-corrected chi connectivity index (χ1v) is 9.64. The van der Waals surface area contributed by atoms with Gasteiger partial charge in [0.1, 0.15) is 23.1 Å². The molecule has 1 aromatic carbocycles. The van der Waals surface area contributed by atoms with E-state index in [9.17, 15) is 9.18 Å². The number of hydrogen-bond acceptors (Lipinski definition) is 4. The van der Waals surface area contributed by atoms with Gasteiger partial charge in [-0.3, -0.25) is 4.90 Å². The first-order chi connectivity index (χ1) is 12.7. The molecule has 0 bridgehead atoms. The zero-order valence-electron chi connectivity index (χ0n) is 15.9. The minimum Gasteiger partial charge on any atom is -0.444 e. The van der Waals surface area contributed by atoms with Gasteiger partial charge >= 0.3 is 6.09 Å². The van der Waals surface area contributed by atoms with Gasteiger partial charge in [-0.2, -0.15) is 5.26 Å². The Balaban J connectivity index is 1.62. The molecule has 2 aliphatic rings. The SMILES string of the molecule is CC(C)(C)OC(=O)N[C@@H]1CC[C@@H]2CN(Cc3ccc(F)c(C#N)c3Cl)C[C@@H]21. The summed E-state index contributed by atoms with van der Waals surface area (Å²) < 4.78 is 19.0. The van der Waals surface area contributed by atoms with Crippen molar-refractivity contribution in [3.8, 4) is 6.07 Å². The topological polar surface area (TPSA) is 65.4 Å². The highest BCUT2D eigenvalue weighted by molar-refractivity contribution is 6.32. The lowest BCUT2D eigenvalue weighted by Gasteiger charge is -2.25. The molecule has 3 rings (SSSR count). The monoisotopic (exact) mass is 393 g/mol. The maximum absolute atomic E-state index is 13.6. The summed E-state index contributed by atoms with van der Waals surface area (Å²) in [4.78, 5) is 14.4. The molecule has 1 aliphatic carbocycles. The third-order valence-electron chi connectivity index (χ3n) is 5.31. The molecule has 0 aromatic heterocycles. The standard InChI is InChI=1S/C20H25ClFN3O2/c1-20(2,3)27-19(26)24-17-7-5-12-9-25(11-15(12)17)10-13-4-6-16(22)14(8-23)18(13)21/h4,6,12,15,17H,5,7,9-11H2,1-3H3,(H,24,26)/t12-,15+,17-/m1/s1. The average molecular weight is 394 g/mol. The molecule has 146 valence electrons.